The molecule has 0 bridgehead atoms. The summed E-state index contributed by atoms with van der Waals surface area (Å²) < 4.78 is 0. The number of nitrogens with zero attached hydrogens (tertiary/aromatic N) is 1. The molecule has 0 aliphatic rings. The van der Waals surface area contributed by atoms with Crippen LogP contribution in [-0.4, -0.2) is 48.4 Å². The number of nitrogens with one attached hydrogen (secondary N) is 1. The first-order valence-corrected chi connectivity index (χ1v) is 5.51. The van der Waals surface area contributed by atoms with Gasteiger partial charge in [0.2, 0.25) is 11.8 Å². The van der Waals surface area contributed by atoms with Crippen molar-refractivity contribution in [2.24, 2.45) is 0 Å². The average Bonchev–Trinajstić information content (AvgIpc) is 2.13. The highest BCUT2D eigenvalue weighted by atomic mass is 32.1. The number of carbonyl (C=O) groups excluding carboxylic acids is 2. The van der Waals surface area contributed by atoms with Gasteiger partial charge in [-0.05, 0) is 5.75 Å². The largest absolute Gasteiger partial charge is 0.347 e. The van der Waals surface area contributed by atoms with E-state index < -0.39 is 6.04 Å². The standard InChI is InChI=1S/C8H16N2O2S2/c1-10(2)8(12)6(5-14)9-7(11)3-4-13/h6,13-14H,3-5H2,1-2H3,(H,9,11). The van der Waals surface area contributed by atoms with Crippen LogP contribution in [0.4, 0.5) is 0 Å². The van der Waals surface area contributed by atoms with Gasteiger partial charge in [0, 0.05) is 26.3 Å². The summed E-state index contributed by atoms with van der Waals surface area (Å²) >= 11 is 7.94. The molecule has 0 aliphatic heterocycles. The summed E-state index contributed by atoms with van der Waals surface area (Å²) in [6.45, 7) is 0. The first kappa shape index (κ1) is 13.6. The Bertz CT molecular complexity index is 210. The molecule has 0 saturated carbocycles. The molecule has 1 atom stereocenters. The van der Waals surface area contributed by atoms with Crippen LogP contribution in [0.25, 0.3) is 0 Å². The van der Waals surface area contributed by atoms with Gasteiger partial charge in [-0.1, -0.05) is 0 Å². The Kier molecular flexibility index (Phi) is 6.82. The summed E-state index contributed by atoms with van der Waals surface area (Å²) in [6.07, 6.45) is 0.314. The molecular formula is C8H16N2O2S2. The molecule has 0 fully saturated rings. The van der Waals surface area contributed by atoms with Gasteiger partial charge >= 0.3 is 0 Å². The van der Waals surface area contributed by atoms with Crippen LogP contribution < -0.4 is 5.32 Å². The maximum atomic E-state index is 11.5. The third kappa shape index (κ3) is 4.76. The van der Waals surface area contributed by atoms with Crippen molar-refractivity contribution in [3.63, 3.8) is 0 Å². The molecule has 0 saturated heterocycles. The van der Waals surface area contributed by atoms with Crippen molar-refractivity contribution in [1.29, 1.82) is 0 Å². The Morgan fingerprint density at radius 2 is 1.93 bits per heavy atom. The molecule has 0 aliphatic carbocycles. The van der Waals surface area contributed by atoms with Crippen LogP contribution in [0, 0.1) is 0 Å². The van der Waals surface area contributed by atoms with Crippen molar-refractivity contribution >= 4 is 37.1 Å². The molecule has 0 aromatic heterocycles. The number of amides is 2. The van der Waals surface area contributed by atoms with Crippen molar-refractivity contribution < 1.29 is 9.59 Å². The smallest absolute Gasteiger partial charge is 0.245 e. The molecule has 0 aromatic rings. The van der Waals surface area contributed by atoms with E-state index in [9.17, 15) is 9.59 Å². The second-order valence-corrected chi connectivity index (χ2v) is 3.82. The van der Waals surface area contributed by atoms with E-state index in [2.05, 4.69) is 30.6 Å². The minimum atomic E-state index is -0.541. The van der Waals surface area contributed by atoms with Gasteiger partial charge in [0.15, 0.2) is 0 Å². The maximum Gasteiger partial charge on any atom is 0.245 e. The van der Waals surface area contributed by atoms with Crippen molar-refractivity contribution in [2.75, 3.05) is 25.6 Å². The predicted molar refractivity (Wildman–Crippen MR) is 62.9 cm³/mol. The maximum absolute atomic E-state index is 11.5. The van der Waals surface area contributed by atoms with Gasteiger partial charge in [-0.25, -0.2) is 0 Å². The quantitative estimate of drug-likeness (QED) is 0.580. The third-order valence-corrected chi connectivity index (χ3v) is 2.18. The number of hydrogen-bond donors (Lipinski definition) is 3. The number of carbonyl (C=O) groups is 2. The normalized spacial score (nSPS) is 12.0. The summed E-state index contributed by atoms with van der Waals surface area (Å²) in [4.78, 5) is 24.1. The molecule has 2 amide bonds. The summed E-state index contributed by atoms with van der Waals surface area (Å²) in [5.41, 5.74) is 0. The number of likely N-dealkylation sites (N-methyl/N-ethyl adjacent to an activating group) is 1. The van der Waals surface area contributed by atoms with Gasteiger partial charge in [0.25, 0.3) is 0 Å². The van der Waals surface area contributed by atoms with Crippen LogP contribution in [0.2, 0.25) is 0 Å². The summed E-state index contributed by atoms with van der Waals surface area (Å²) in [7, 11) is 3.28. The van der Waals surface area contributed by atoms with Crippen molar-refractivity contribution in [3.05, 3.63) is 0 Å². The van der Waals surface area contributed by atoms with Crippen LogP contribution in [0.15, 0.2) is 0 Å². The zero-order chi connectivity index (χ0) is 11.1. The lowest BCUT2D eigenvalue weighted by molar-refractivity contribution is -0.133. The van der Waals surface area contributed by atoms with E-state index in [0.717, 1.165) is 0 Å². The topological polar surface area (TPSA) is 49.4 Å². The molecule has 6 heteroatoms. The minimum absolute atomic E-state index is 0.146. The molecule has 0 heterocycles. The SMILES string of the molecule is CN(C)C(=O)C(CS)NC(=O)CCS. The molecule has 82 valence electrons. The molecule has 1 N–H and O–H groups in total. The summed E-state index contributed by atoms with van der Waals surface area (Å²) in [6, 6.07) is -0.541. The van der Waals surface area contributed by atoms with E-state index in [0.29, 0.717) is 17.9 Å². The molecule has 4 nitrogen and oxygen atoms in total. The van der Waals surface area contributed by atoms with Gasteiger partial charge in [-0.3, -0.25) is 9.59 Å². The number of hydrogen-bond acceptors (Lipinski definition) is 4. The Labute approximate surface area is 95.2 Å². The fourth-order valence-corrected chi connectivity index (χ4v) is 1.32. The fraction of sp³-hybridized carbons (Fsp3) is 0.750. The van der Waals surface area contributed by atoms with Crippen molar-refractivity contribution in [3.8, 4) is 0 Å². The molecule has 0 radical (unpaired) electrons. The van der Waals surface area contributed by atoms with E-state index >= 15 is 0 Å². The van der Waals surface area contributed by atoms with Crippen LogP contribution >= 0.6 is 25.3 Å². The van der Waals surface area contributed by atoms with Crippen LogP contribution in [0.5, 0.6) is 0 Å². The van der Waals surface area contributed by atoms with E-state index in [1.54, 1.807) is 14.1 Å². The highest BCUT2D eigenvalue weighted by molar-refractivity contribution is 7.80. The van der Waals surface area contributed by atoms with Gasteiger partial charge in [0.05, 0.1) is 0 Å². The number of rotatable bonds is 5. The molecule has 1 unspecified atom stereocenters. The predicted octanol–water partition coefficient (Wildman–Crippen LogP) is -0.191. The van der Waals surface area contributed by atoms with E-state index in [4.69, 9.17) is 0 Å². The highest BCUT2D eigenvalue weighted by Gasteiger charge is 2.19. The van der Waals surface area contributed by atoms with Gasteiger partial charge in [-0.15, -0.1) is 0 Å². The zero-order valence-electron chi connectivity index (χ0n) is 8.36. The average molecular weight is 236 g/mol. The van der Waals surface area contributed by atoms with E-state index in [-0.39, 0.29) is 11.8 Å². The Morgan fingerprint density at radius 1 is 1.36 bits per heavy atom. The van der Waals surface area contributed by atoms with Crippen LogP contribution in [0.3, 0.4) is 0 Å². The zero-order valence-corrected chi connectivity index (χ0v) is 10.1. The fourth-order valence-electron chi connectivity index (χ4n) is 0.865. The lowest BCUT2D eigenvalue weighted by Crippen LogP contribution is -2.47. The van der Waals surface area contributed by atoms with E-state index in [1.807, 2.05) is 0 Å². The second kappa shape index (κ2) is 7.00. The number of thiol groups is 2. The van der Waals surface area contributed by atoms with Crippen LogP contribution in [0.1, 0.15) is 6.42 Å². The minimum Gasteiger partial charge on any atom is -0.347 e. The van der Waals surface area contributed by atoms with Crippen LogP contribution in [-0.2, 0) is 9.59 Å². The molecule has 0 spiro atoms. The van der Waals surface area contributed by atoms with Crippen molar-refractivity contribution in [2.45, 2.75) is 12.5 Å². The molecular weight excluding hydrogens is 220 g/mol. The van der Waals surface area contributed by atoms with E-state index in [1.165, 1.54) is 4.90 Å². The van der Waals surface area contributed by atoms with Gasteiger partial charge < -0.3 is 10.2 Å². The lowest BCUT2D eigenvalue weighted by Gasteiger charge is -2.19. The molecule has 0 rings (SSSR count). The Hall–Kier alpha value is -0.360. The third-order valence-electron chi connectivity index (χ3n) is 1.60. The monoisotopic (exact) mass is 236 g/mol. The van der Waals surface area contributed by atoms with Gasteiger partial charge in [0.1, 0.15) is 6.04 Å². The second-order valence-electron chi connectivity index (χ2n) is 3.01. The molecule has 0 aromatic carbocycles. The molecule has 14 heavy (non-hydrogen) atoms. The summed E-state index contributed by atoms with van der Waals surface area (Å²) in [5.74, 6) is 0.457. The lowest BCUT2D eigenvalue weighted by atomic mass is 10.3. The first-order valence-electron chi connectivity index (χ1n) is 4.25. The van der Waals surface area contributed by atoms with Gasteiger partial charge in [-0.2, -0.15) is 25.3 Å². The summed E-state index contributed by atoms with van der Waals surface area (Å²) in [5, 5.41) is 2.59. The Morgan fingerprint density at radius 3 is 2.29 bits per heavy atom. The first-order chi connectivity index (χ1) is 6.52. The highest BCUT2D eigenvalue weighted by Crippen LogP contribution is 1.95. The Balaban J connectivity index is 4.15. The van der Waals surface area contributed by atoms with Crippen molar-refractivity contribution in [1.82, 2.24) is 10.2 Å².